The molecule has 0 bridgehead atoms. The Hall–Kier alpha value is -2.73. The van der Waals surface area contributed by atoms with E-state index in [0.29, 0.717) is 12.8 Å². The second kappa shape index (κ2) is 7.69. The van der Waals surface area contributed by atoms with Crippen LogP contribution < -0.4 is 5.32 Å². The number of hydrogen-bond acceptors (Lipinski definition) is 5. The van der Waals surface area contributed by atoms with E-state index in [4.69, 9.17) is 0 Å². The zero-order valence-corrected chi connectivity index (χ0v) is 17.5. The average Bonchev–Trinajstić information content (AvgIpc) is 3.56. The van der Waals surface area contributed by atoms with Gasteiger partial charge in [-0.25, -0.2) is 35.5 Å². The number of rotatable bonds is 5. The van der Waals surface area contributed by atoms with Gasteiger partial charge < -0.3 is 5.32 Å². The van der Waals surface area contributed by atoms with Crippen LogP contribution in [0, 0.1) is 17.5 Å². The van der Waals surface area contributed by atoms with Crippen molar-refractivity contribution in [3.05, 3.63) is 47.9 Å². The lowest BCUT2D eigenvalue weighted by Gasteiger charge is -2.34. The molecule has 0 unspecified atom stereocenters. The Morgan fingerprint density at radius 2 is 1.78 bits per heavy atom. The first-order valence-corrected chi connectivity index (χ1v) is 11.6. The molecule has 1 saturated carbocycles. The number of sulfonamides is 1. The van der Waals surface area contributed by atoms with Crippen LogP contribution in [0.15, 0.2) is 30.5 Å². The van der Waals surface area contributed by atoms with Gasteiger partial charge in [0.25, 0.3) is 0 Å². The van der Waals surface area contributed by atoms with E-state index in [2.05, 4.69) is 15.4 Å². The summed E-state index contributed by atoms with van der Waals surface area (Å²) in [6.45, 7) is -0.119. The second-order valence-electron chi connectivity index (χ2n) is 8.01. The Bertz CT molecular complexity index is 1270. The quantitative estimate of drug-likeness (QED) is 0.581. The molecule has 5 rings (SSSR count). The van der Waals surface area contributed by atoms with E-state index in [1.165, 1.54) is 10.4 Å². The van der Waals surface area contributed by atoms with Gasteiger partial charge in [-0.1, -0.05) is 6.07 Å². The predicted octanol–water partition coefficient (Wildman–Crippen LogP) is 3.13. The summed E-state index contributed by atoms with van der Waals surface area (Å²) < 4.78 is 84.5. The summed E-state index contributed by atoms with van der Waals surface area (Å²) in [5.74, 6) is -2.61. The zero-order valence-electron chi connectivity index (χ0n) is 16.7. The lowest BCUT2D eigenvalue weighted by molar-refractivity contribution is 0.185. The van der Waals surface area contributed by atoms with Crippen molar-refractivity contribution in [2.45, 2.75) is 36.7 Å². The number of hydrogen-bond donors (Lipinski definition) is 1. The Morgan fingerprint density at radius 3 is 2.44 bits per heavy atom. The van der Waals surface area contributed by atoms with Crippen LogP contribution >= 0.6 is 0 Å². The maximum atomic E-state index is 14.8. The van der Waals surface area contributed by atoms with Crippen molar-refractivity contribution in [3.8, 4) is 11.3 Å². The molecule has 1 aromatic carbocycles. The van der Waals surface area contributed by atoms with Gasteiger partial charge in [0.1, 0.15) is 23.3 Å². The fourth-order valence-electron chi connectivity index (χ4n) is 3.95. The van der Waals surface area contributed by atoms with Crippen LogP contribution in [0.3, 0.4) is 0 Å². The molecule has 3 aromatic rings. The third-order valence-electron chi connectivity index (χ3n) is 5.81. The molecular formula is C20H19F4N5O2S. The fraction of sp³-hybridized carbons (Fsp3) is 0.400. The summed E-state index contributed by atoms with van der Waals surface area (Å²) in [5.41, 5.74) is -0.700. The number of nitrogens with zero attached hydrogens (tertiary/aromatic N) is 4. The Labute approximate surface area is 181 Å². The third-order valence-corrected chi connectivity index (χ3v) is 8.18. The average molecular weight is 469 g/mol. The summed E-state index contributed by atoms with van der Waals surface area (Å²) in [7, 11) is -3.47. The summed E-state index contributed by atoms with van der Waals surface area (Å²) >= 11 is 0. The molecule has 170 valence electrons. The summed E-state index contributed by atoms with van der Waals surface area (Å²) in [5, 5.41) is 6.51. The van der Waals surface area contributed by atoms with E-state index in [1.807, 2.05) is 0 Å². The van der Waals surface area contributed by atoms with E-state index in [9.17, 15) is 26.0 Å². The molecule has 7 nitrogen and oxygen atoms in total. The molecule has 32 heavy (non-hydrogen) atoms. The highest BCUT2D eigenvalue weighted by Crippen LogP contribution is 2.33. The highest BCUT2D eigenvalue weighted by molar-refractivity contribution is 7.90. The maximum absolute atomic E-state index is 14.8. The molecule has 0 spiro atoms. The van der Waals surface area contributed by atoms with Crippen LogP contribution in [0.25, 0.3) is 16.8 Å². The van der Waals surface area contributed by atoms with Gasteiger partial charge in [-0.05, 0) is 31.4 Å². The van der Waals surface area contributed by atoms with Crippen LogP contribution in [-0.4, -0.2) is 57.9 Å². The number of nitrogens with one attached hydrogen (secondary N) is 1. The first-order valence-electron chi connectivity index (χ1n) is 10.1. The summed E-state index contributed by atoms with van der Waals surface area (Å²) in [6.07, 6.45) is 1.00. The van der Waals surface area contributed by atoms with Gasteiger partial charge in [0.05, 0.1) is 28.7 Å². The fourth-order valence-corrected chi connectivity index (χ4v) is 5.82. The highest BCUT2D eigenvalue weighted by atomic mass is 32.2. The van der Waals surface area contributed by atoms with Gasteiger partial charge in [-0.15, -0.1) is 5.10 Å². The van der Waals surface area contributed by atoms with Crippen molar-refractivity contribution >= 4 is 21.5 Å². The molecule has 12 heteroatoms. The first-order chi connectivity index (χ1) is 15.3. The van der Waals surface area contributed by atoms with Crippen molar-refractivity contribution in [2.75, 3.05) is 18.4 Å². The molecule has 0 amide bonds. The van der Waals surface area contributed by atoms with Gasteiger partial charge in [-0.2, -0.15) is 4.31 Å². The Kier molecular flexibility index (Phi) is 5.08. The number of aromatic nitrogens is 3. The predicted molar refractivity (Wildman–Crippen MR) is 109 cm³/mol. The van der Waals surface area contributed by atoms with Crippen molar-refractivity contribution in [1.29, 1.82) is 0 Å². The molecule has 2 aliphatic rings. The van der Waals surface area contributed by atoms with Crippen molar-refractivity contribution in [3.63, 3.8) is 0 Å². The Morgan fingerprint density at radius 1 is 1.06 bits per heavy atom. The van der Waals surface area contributed by atoms with E-state index < -0.39 is 50.5 Å². The largest absolute Gasteiger partial charge is 0.347 e. The molecule has 3 heterocycles. The minimum atomic E-state index is -3.47. The summed E-state index contributed by atoms with van der Waals surface area (Å²) in [4.78, 5) is 3.99. The summed E-state index contributed by atoms with van der Waals surface area (Å²) in [6, 6.07) is 3.47. The normalized spacial score (nSPS) is 22.4. The van der Waals surface area contributed by atoms with Gasteiger partial charge in [-0.3, -0.25) is 0 Å². The SMILES string of the molecule is O=S(=O)(C1CC1)N1CC[C@@H](Nc2ncc3c(F)cc(-c4c(F)cccc4F)n3n2)[C@H](F)C1. The highest BCUT2D eigenvalue weighted by Gasteiger charge is 2.43. The maximum Gasteiger partial charge on any atom is 0.241 e. The van der Waals surface area contributed by atoms with Crippen molar-refractivity contribution in [2.24, 2.45) is 0 Å². The molecule has 0 radical (unpaired) electrons. The van der Waals surface area contributed by atoms with Crippen molar-refractivity contribution in [1.82, 2.24) is 18.9 Å². The Balaban J connectivity index is 1.41. The molecule has 1 aliphatic carbocycles. The molecule has 2 aromatic heterocycles. The van der Waals surface area contributed by atoms with E-state index in [0.717, 1.165) is 28.9 Å². The monoisotopic (exact) mass is 469 g/mol. The van der Waals surface area contributed by atoms with E-state index >= 15 is 0 Å². The first kappa shape index (κ1) is 21.1. The molecule has 2 atom stereocenters. The van der Waals surface area contributed by atoms with Gasteiger partial charge in [0.15, 0.2) is 5.82 Å². The number of halogens is 4. The van der Waals surface area contributed by atoms with Crippen molar-refractivity contribution < 1.29 is 26.0 Å². The minimum absolute atomic E-state index is 0.0720. The number of piperidine rings is 1. The minimum Gasteiger partial charge on any atom is -0.347 e. The van der Waals surface area contributed by atoms with Crippen LogP contribution in [0.4, 0.5) is 23.5 Å². The second-order valence-corrected chi connectivity index (χ2v) is 10.2. The molecule has 2 fully saturated rings. The smallest absolute Gasteiger partial charge is 0.241 e. The van der Waals surface area contributed by atoms with E-state index in [1.54, 1.807) is 0 Å². The molecule has 1 N–H and O–H groups in total. The number of alkyl halides is 1. The van der Waals surface area contributed by atoms with E-state index in [-0.39, 0.29) is 36.7 Å². The zero-order chi connectivity index (χ0) is 22.6. The van der Waals surface area contributed by atoms with Crippen LogP contribution in [0.1, 0.15) is 19.3 Å². The topological polar surface area (TPSA) is 79.6 Å². The standard InChI is InChI=1S/C20H19F4N5O2S/c21-12-2-1-3-13(22)19(12)17-8-14(23)18-9-25-20(27-29(17)18)26-16-6-7-28(10-15(16)24)32(30,31)11-4-5-11/h1-3,8-9,11,15-16H,4-7,10H2,(H,26,27)/t15-,16-/m1/s1. The molecule has 1 aliphatic heterocycles. The van der Waals surface area contributed by atoms with Crippen LogP contribution in [-0.2, 0) is 10.0 Å². The van der Waals surface area contributed by atoms with Gasteiger partial charge >= 0.3 is 0 Å². The number of benzene rings is 1. The number of fused-ring (bicyclic) bond motifs is 1. The lowest BCUT2D eigenvalue weighted by atomic mass is 10.1. The molecular weight excluding hydrogens is 450 g/mol. The van der Waals surface area contributed by atoms with Gasteiger partial charge in [0.2, 0.25) is 16.0 Å². The van der Waals surface area contributed by atoms with Crippen LogP contribution in [0.2, 0.25) is 0 Å². The third kappa shape index (κ3) is 3.60. The molecule has 1 saturated heterocycles. The van der Waals surface area contributed by atoms with Gasteiger partial charge in [0, 0.05) is 19.2 Å². The number of anilines is 1. The lowest BCUT2D eigenvalue weighted by Crippen LogP contribution is -2.50. The van der Waals surface area contributed by atoms with Crippen LogP contribution in [0.5, 0.6) is 0 Å².